The number of hydrogen-bond acceptors (Lipinski definition) is 6. The fraction of sp³-hybridized carbons (Fsp3) is 0.800. The summed E-state index contributed by atoms with van der Waals surface area (Å²) in [6.45, 7) is 13.4. The first kappa shape index (κ1) is 28.2. The van der Waals surface area contributed by atoms with Crippen molar-refractivity contribution < 1.29 is 34.5 Å². The number of carbonyl (C=O) groups excluding carboxylic acids is 3. The van der Waals surface area contributed by atoms with Crippen LogP contribution in [-0.2, 0) is 19.2 Å². The monoisotopic (exact) mass is 516 g/mol. The Morgan fingerprint density at radius 1 is 1.03 bits per heavy atom. The molecule has 0 bridgehead atoms. The second-order valence-electron chi connectivity index (χ2n) is 13.9. The van der Waals surface area contributed by atoms with Gasteiger partial charge in [0.15, 0.2) is 5.78 Å². The minimum absolute atomic E-state index is 0.00871. The number of aliphatic hydroxyl groups is 2. The van der Waals surface area contributed by atoms with Gasteiger partial charge in [0.25, 0.3) is 0 Å². The third-order valence-electron chi connectivity index (χ3n) is 11.6. The maximum atomic E-state index is 14.1. The summed E-state index contributed by atoms with van der Waals surface area (Å²) >= 11 is 0. The molecule has 0 radical (unpaired) electrons. The SMILES string of the molecule is C[C@@H](CC(=O)C[C@H](C)[C@@H]1CC(=O)[C@@]2(C)C3=C(C(=O)C[C@]12C)[C@@]1(C)CC[C@H](O)C(C)(C)[C@@H]1C[C@H]3O)C(=O)O. The number of hydrogen-bond donors (Lipinski definition) is 3. The number of aliphatic hydroxyl groups excluding tert-OH is 2. The highest BCUT2D eigenvalue weighted by Crippen LogP contribution is 2.70. The van der Waals surface area contributed by atoms with Crippen molar-refractivity contribution >= 4 is 23.3 Å². The number of fused-ring (bicyclic) bond motifs is 4. The molecule has 37 heavy (non-hydrogen) atoms. The molecule has 2 fully saturated rings. The van der Waals surface area contributed by atoms with Gasteiger partial charge < -0.3 is 15.3 Å². The van der Waals surface area contributed by atoms with Crippen LogP contribution in [0.3, 0.4) is 0 Å². The summed E-state index contributed by atoms with van der Waals surface area (Å²) in [5.74, 6) is -2.45. The van der Waals surface area contributed by atoms with E-state index in [0.29, 0.717) is 30.4 Å². The minimum atomic E-state index is -1.01. The van der Waals surface area contributed by atoms with Crippen molar-refractivity contribution in [1.82, 2.24) is 0 Å². The van der Waals surface area contributed by atoms with Crippen molar-refractivity contribution in [1.29, 1.82) is 0 Å². The second-order valence-corrected chi connectivity index (χ2v) is 13.9. The number of allylic oxidation sites excluding steroid dienone is 1. The lowest BCUT2D eigenvalue weighted by molar-refractivity contribution is -0.144. The Labute approximate surface area is 220 Å². The Morgan fingerprint density at radius 2 is 1.65 bits per heavy atom. The molecular formula is C30H44O7. The minimum Gasteiger partial charge on any atom is -0.481 e. The Balaban J connectivity index is 1.74. The van der Waals surface area contributed by atoms with E-state index in [1.165, 1.54) is 6.92 Å². The smallest absolute Gasteiger partial charge is 0.306 e. The third kappa shape index (κ3) is 3.82. The van der Waals surface area contributed by atoms with Crippen molar-refractivity contribution in [2.45, 2.75) is 106 Å². The lowest BCUT2D eigenvalue weighted by atomic mass is 9.42. The molecule has 9 atom stereocenters. The molecule has 4 aliphatic carbocycles. The van der Waals surface area contributed by atoms with Crippen LogP contribution in [0.5, 0.6) is 0 Å². The molecule has 4 rings (SSSR count). The van der Waals surface area contributed by atoms with E-state index in [1.54, 1.807) is 0 Å². The number of rotatable bonds is 6. The number of aliphatic carboxylic acids is 1. The number of Topliss-reactive ketones (excluding diaryl/α,β-unsaturated/α-hetero) is 3. The maximum absolute atomic E-state index is 14.1. The Bertz CT molecular complexity index is 1070. The van der Waals surface area contributed by atoms with Crippen LogP contribution < -0.4 is 0 Å². The summed E-state index contributed by atoms with van der Waals surface area (Å²) in [4.78, 5) is 51.9. The zero-order chi connectivity index (χ0) is 27.9. The topological polar surface area (TPSA) is 129 Å². The summed E-state index contributed by atoms with van der Waals surface area (Å²) in [6, 6.07) is 0. The highest BCUT2D eigenvalue weighted by atomic mass is 16.4. The molecule has 0 unspecified atom stereocenters. The summed E-state index contributed by atoms with van der Waals surface area (Å²) in [5.41, 5.74) is -1.55. The van der Waals surface area contributed by atoms with Crippen molar-refractivity contribution in [2.75, 3.05) is 0 Å². The van der Waals surface area contributed by atoms with Gasteiger partial charge in [0.2, 0.25) is 0 Å². The predicted octanol–water partition coefficient (Wildman–Crippen LogP) is 4.13. The van der Waals surface area contributed by atoms with Crippen LogP contribution in [0.2, 0.25) is 0 Å². The molecule has 0 aliphatic heterocycles. The first-order valence-electron chi connectivity index (χ1n) is 13.8. The second kappa shape index (κ2) is 8.84. The molecular weight excluding hydrogens is 472 g/mol. The largest absolute Gasteiger partial charge is 0.481 e. The summed E-state index contributed by atoms with van der Waals surface area (Å²) < 4.78 is 0. The summed E-state index contributed by atoms with van der Waals surface area (Å²) in [6.07, 6.45) is 0.671. The zero-order valence-corrected chi connectivity index (χ0v) is 23.4. The summed E-state index contributed by atoms with van der Waals surface area (Å²) in [7, 11) is 0. The van der Waals surface area contributed by atoms with E-state index in [1.807, 2.05) is 34.6 Å². The van der Waals surface area contributed by atoms with Crippen molar-refractivity contribution in [3.8, 4) is 0 Å². The maximum Gasteiger partial charge on any atom is 0.306 e. The van der Waals surface area contributed by atoms with E-state index in [0.717, 1.165) is 0 Å². The van der Waals surface area contributed by atoms with Crippen LogP contribution in [0.1, 0.15) is 93.4 Å². The van der Waals surface area contributed by atoms with Crippen molar-refractivity contribution in [2.24, 2.45) is 45.3 Å². The summed E-state index contributed by atoms with van der Waals surface area (Å²) in [5, 5.41) is 31.6. The molecule has 0 heterocycles. The lowest BCUT2D eigenvalue weighted by Gasteiger charge is -2.61. The molecule has 0 aromatic rings. The Morgan fingerprint density at radius 3 is 2.24 bits per heavy atom. The van der Waals surface area contributed by atoms with Crippen LogP contribution in [0.4, 0.5) is 0 Å². The predicted molar refractivity (Wildman–Crippen MR) is 137 cm³/mol. The van der Waals surface area contributed by atoms with Gasteiger partial charge >= 0.3 is 5.97 Å². The third-order valence-corrected chi connectivity index (χ3v) is 11.6. The van der Waals surface area contributed by atoms with Gasteiger partial charge in [-0.15, -0.1) is 0 Å². The molecule has 7 heteroatoms. The van der Waals surface area contributed by atoms with Gasteiger partial charge in [-0.1, -0.05) is 41.5 Å². The van der Waals surface area contributed by atoms with Gasteiger partial charge in [-0.3, -0.25) is 19.2 Å². The van der Waals surface area contributed by atoms with E-state index in [-0.39, 0.29) is 60.8 Å². The van der Waals surface area contributed by atoms with Crippen molar-refractivity contribution in [3.63, 3.8) is 0 Å². The fourth-order valence-electron chi connectivity index (χ4n) is 9.12. The molecule has 2 saturated carbocycles. The van der Waals surface area contributed by atoms with E-state index in [9.17, 15) is 34.5 Å². The lowest BCUT2D eigenvalue weighted by Crippen LogP contribution is -2.60. The Kier molecular flexibility index (Phi) is 6.72. The molecule has 0 amide bonds. The molecule has 7 nitrogen and oxygen atoms in total. The average Bonchev–Trinajstić information content (AvgIpc) is 2.99. The number of carbonyl (C=O) groups is 4. The molecule has 0 spiro atoms. The molecule has 0 aromatic heterocycles. The molecule has 0 saturated heterocycles. The van der Waals surface area contributed by atoms with Gasteiger partial charge in [0.05, 0.1) is 23.5 Å². The number of ketones is 3. The van der Waals surface area contributed by atoms with Crippen LogP contribution in [0.25, 0.3) is 0 Å². The number of carboxylic acids is 1. The first-order chi connectivity index (χ1) is 16.9. The van der Waals surface area contributed by atoms with Gasteiger partial charge in [-0.05, 0) is 65.8 Å². The van der Waals surface area contributed by atoms with Gasteiger partial charge in [0, 0.05) is 31.3 Å². The quantitative estimate of drug-likeness (QED) is 0.484. The van der Waals surface area contributed by atoms with Crippen LogP contribution in [0.15, 0.2) is 11.1 Å². The van der Waals surface area contributed by atoms with E-state index < -0.39 is 45.8 Å². The highest BCUT2D eigenvalue weighted by molar-refractivity contribution is 6.05. The highest BCUT2D eigenvalue weighted by Gasteiger charge is 2.70. The molecule has 0 aromatic carbocycles. The van der Waals surface area contributed by atoms with Crippen LogP contribution >= 0.6 is 0 Å². The van der Waals surface area contributed by atoms with Crippen LogP contribution in [0, 0.1) is 45.3 Å². The Hall–Kier alpha value is -1.86. The fourth-order valence-corrected chi connectivity index (χ4v) is 9.12. The number of carboxylic acid groups (broad SMARTS) is 1. The standard InChI is InChI=1S/C30H44O7/c1-15(10-17(31)11-16(2)26(36)37)18-12-23(35)30(7)25-19(32)13-21-27(3,4)22(34)8-9-28(21,5)24(25)20(33)14-29(18,30)6/h15-16,18-19,21-22,32,34H,8-14H2,1-7H3,(H,36,37)/t15-,16-,18-,19+,21-,22-,28-,29+,30-/m0/s1. The zero-order valence-electron chi connectivity index (χ0n) is 23.4. The van der Waals surface area contributed by atoms with E-state index >= 15 is 0 Å². The van der Waals surface area contributed by atoms with Gasteiger partial charge in [-0.2, -0.15) is 0 Å². The van der Waals surface area contributed by atoms with Gasteiger partial charge in [0.1, 0.15) is 11.6 Å². The molecule has 3 N–H and O–H groups in total. The first-order valence-corrected chi connectivity index (χ1v) is 13.8. The van der Waals surface area contributed by atoms with Crippen LogP contribution in [-0.4, -0.2) is 50.8 Å². The van der Waals surface area contributed by atoms with Crippen molar-refractivity contribution in [3.05, 3.63) is 11.1 Å². The molecule has 206 valence electrons. The van der Waals surface area contributed by atoms with E-state index in [2.05, 4.69) is 6.92 Å². The van der Waals surface area contributed by atoms with Gasteiger partial charge in [-0.25, -0.2) is 0 Å². The van der Waals surface area contributed by atoms with E-state index in [4.69, 9.17) is 0 Å². The molecule has 4 aliphatic rings. The average molecular weight is 517 g/mol. The normalized spacial score (nSPS) is 42.5.